The summed E-state index contributed by atoms with van der Waals surface area (Å²) in [5.74, 6) is -1.09. The van der Waals surface area contributed by atoms with Crippen LogP contribution in [-0.4, -0.2) is 37.7 Å². The van der Waals surface area contributed by atoms with Crippen LogP contribution in [0.2, 0.25) is 0 Å². The molecule has 2 rings (SSSR count). The Kier molecular flexibility index (Phi) is 4.42. The average molecular weight is 308 g/mol. The minimum atomic E-state index is -3.67. The van der Waals surface area contributed by atoms with Crippen LogP contribution in [0.1, 0.15) is 12.8 Å². The van der Waals surface area contributed by atoms with Crippen LogP contribution in [0.3, 0.4) is 0 Å². The number of nitrogens with two attached hydrogens (primary N) is 1. The lowest BCUT2D eigenvalue weighted by atomic mass is 10.2. The van der Waals surface area contributed by atoms with Crippen molar-refractivity contribution in [3.8, 4) is 0 Å². The minimum absolute atomic E-state index is 0.113. The molecule has 1 atom stereocenters. The molecule has 0 bridgehead atoms. The van der Waals surface area contributed by atoms with Crippen molar-refractivity contribution in [3.05, 3.63) is 41.8 Å². The number of sulfone groups is 1. The van der Waals surface area contributed by atoms with Crippen molar-refractivity contribution in [1.82, 2.24) is 4.90 Å². The maximum absolute atomic E-state index is 12.0. The second-order valence-corrected chi connectivity index (χ2v) is 6.59. The summed E-state index contributed by atoms with van der Waals surface area (Å²) >= 11 is 0. The zero-order valence-corrected chi connectivity index (χ0v) is 12.1. The normalized spacial score (nSPS) is 19.0. The maximum atomic E-state index is 12.0. The van der Waals surface area contributed by atoms with Gasteiger partial charge in [-0.25, -0.2) is 8.42 Å². The second-order valence-electron chi connectivity index (χ2n) is 4.75. The monoisotopic (exact) mass is 308 g/mol. The van der Waals surface area contributed by atoms with Gasteiger partial charge in [-0.15, -0.1) is 0 Å². The average Bonchev–Trinajstić information content (AvgIpc) is 2.95. The van der Waals surface area contributed by atoms with Gasteiger partial charge < -0.3 is 10.6 Å². The molecule has 6 nitrogen and oxygen atoms in total. The quantitative estimate of drug-likeness (QED) is 0.817. The van der Waals surface area contributed by atoms with Gasteiger partial charge in [0.05, 0.1) is 4.90 Å². The summed E-state index contributed by atoms with van der Waals surface area (Å²) in [5, 5.41) is 0.862. The predicted octanol–water partition coefficient (Wildman–Crippen LogP) is 0.450. The van der Waals surface area contributed by atoms with Crippen LogP contribution in [0.25, 0.3) is 0 Å². The van der Waals surface area contributed by atoms with Gasteiger partial charge in [-0.3, -0.25) is 9.59 Å². The van der Waals surface area contributed by atoms with E-state index in [1.165, 1.54) is 17.0 Å². The number of likely N-dealkylation sites (tertiary alicyclic amines) is 1. The number of carbonyl (C=O) groups excluding carboxylic acids is 2. The number of rotatable bonds is 4. The number of amides is 2. The maximum Gasteiger partial charge on any atom is 0.247 e. The fraction of sp³-hybridized carbons (Fsp3) is 0.286. The molecule has 7 heteroatoms. The molecule has 1 aliphatic rings. The van der Waals surface area contributed by atoms with Crippen LogP contribution in [0, 0.1) is 0 Å². The Labute approximate surface area is 123 Å². The molecule has 1 saturated heterocycles. The van der Waals surface area contributed by atoms with Crippen molar-refractivity contribution in [2.75, 3.05) is 6.54 Å². The number of primary amides is 1. The van der Waals surface area contributed by atoms with Crippen LogP contribution in [0.15, 0.2) is 46.7 Å². The molecule has 1 fully saturated rings. The van der Waals surface area contributed by atoms with Crippen molar-refractivity contribution >= 4 is 21.7 Å². The summed E-state index contributed by atoms with van der Waals surface area (Å²) in [6.45, 7) is 0.405. The SMILES string of the molecule is NC(=O)[C@@H]1CCCN1C(=O)/C=C/S(=O)(=O)c1ccccc1. The number of carbonyl (C=O) groups is 2. The third-order valence-electron chi connectivity index (χ3n) is 3.33. The zero-order chi connectivity index (χ0) is 15.5. The fourth-order valence-electron chi connectivity index (χ4n) is 2.26. The zero-order valence-electron chi connectivity index (χ0n) is 11.3. The van der Waals surface area contributed by atoms with Crippen LogP contribution >= 0.6 is 0 Å². The topological polar surface area (TPSA) is 97.5 Å². The highest BCUT2D eigenvalue weighted by Gasteiger charge is 2.31. The molecule has 1 aromatic rings. The van der Waals surface area contributed by atoms with Gasteiger partial charge in [0.1, 0.15) is 6.04 Å². The highest BCUT2D eigenvalue weighted by Crippen LogP contribution is 2.18. The van der Waals surface area contributed by atoms with Crippen molar-refractivity contribution < 1.29 is 18.0 Å². The van der Waals surface area contributed by atoms with E-state index >= 15 is 0 Å². The summed E-state index contributed by atoms with van der Waals surface area (Å²) < 4.78 is 24.0. The van der Waals surface area contributed by atoms with E-state index in [0.29, 0.717) is 19.4 Å². The van der Waals surface area contributed by atoms with E-state index < -0.39 is 27.7 Å². The van der Waals surface area contributed by atoms with Gasteiger partial charge in [-0.2, -0.15) is 0 Å². The van der Waals surface area contributed by atoms with Gasteiger partial charge in [-0.1, -0.05) is 18.2 Å². The van der Waals surface area contributed by atoms with E-state index in [0.717, 1.165) is 11.5 Å². The molecule has 1 aliphatic heterocycles. The lowest BCUT2D eigenvalue weighted by Gasteiger charge is -2.20. The first-order valence-corrected chi connectivity index (χ1v) is 8.04. The number of hydrogen-bond acceptors (Lipinski definition) is 4. The first-order chi connectivity index (χ1) is 9.92. The summed E-state index contributed by atoms with van der Waals surface area (Å²) in [6.07, 6.45) is 2.17. The molecule has 0 spiro atoms. The van der Waals surface area contributed by atoms with Gasteiger partial charge in [0, 0.05) is 18.0 Å². The van der Waals surface area contributed by atoms with Crippen molar-refractivity contribution in [1.29, 1.82) is 0 Å². The number of nitrogens with zero attached hydrogens (tertiary/aromatic N) is 1. The first kappa shape index (κ1) is 15.2. The Bertz CT molecular complexity index is 667. The molecule has 0 aliphatic carbocycles. The first-order valence-electron chi connectivity index (χ1n) is 6.50. The molecule has 21 heavy (non-hydrogen) atoms. The third kappa shape index (κ3) is 3.49. The van der Waals surface area contributed by atoms with Gasteiger partial charge >= 0.3 is 0 Å². The van der Waals surface area contributed by atoms with Crippen LogP contribution < -0.4 is 5.73 Å². The standard InChI is InChI=1S/C14H16N2O4S/c15-14(18)12-7-4-9-16(12)13(17)8-10-21(19,20)11-5-2-1-3-6-11/h1-3,5-6,8,10,12H,4,7,9H2,(H2,15,18)/b10-8+/t12-/m0/s1. The molecule has 2 N–H and O–H groups in total. The molecule has 2 amide bonds. The lowest BCUT2D eigenvalue weighted by Crippen LogP contribution is -2.43. The Hall–Kier alpha value is -2.15. The molecule has 0 unspecified atom stereocenters. The largest absolute Gasteiger partial charge is 0.368 e. The molecular weight excluding hydrogens is 292 g/mol. The Balaban J connectivity index is 2.14. The molecule has 112 valence electrons. The molecule has 0 aromatic heterocycles. The van der Waals surface area contributed by atoms with Crippen LogP contribution in [0.5, 0.6) is 0 Å². The number of benzene rings is 1. The van der Waals surface area contributed by atoms with E-state index in [1.807, 2.05) is 0 Å². The molecule has 1 aromatic carbocycles. The van der Waals surface area contributed by atoms with Crippen molar-refractivity contribution in [2.45, 2.75) is 23.8 Å². The van der Waals surface area contributed by atoms with Gasteiger partial charge in [-0.05, 0) is 25.0 Å². The third-order valence-corrected chi connectivity index (χ3v) is 4.75. The number of hydrogen-bond donors (Lipinski definition) is 1. The molecule has 0 saturated carbocycles. The van der Waals surface area contributed by atoms with Gasteiger partial charge in [0.2, 0.25) is 11.8 Å². The smallest absolute Gasteiger partial charge is 0.247 e. The summed E-state index contributed by atoms with van der Waals surface area (Å²) in [4.78, 5) is 24.6. The highest BCUT2D eigenvalue weighted by atomic mass is 32.2. The van der Waals surface area contributed by atoms with Gasteiger partial charge in [0.15, 0.2) is 9.84 Å². The van der Waals surface area contributed by atoms with Gasteiger partial charge in [0.25, 0.3) is 0 Å². The van der Waals surface area contributed by atoms with E-state index in [4.69, 9.17) is 5.73 Å². The Morgan fingerprint density at radius 3 is 2.52 bits per heavy atom. The highest BCUT2D eigenvalue weighted by molar-refractivity contribution is 7.94. The second kappa shape index (κ2) is 6.09. The molecule has 1 heterocycles. The van der Waals surface area contributed by atoms with E-state index in [-0.39, 0.29) is 4.90 Å². The summed E-state index contributed by atoms with van der Waals surface area (Å²) in [7, 11) is -3.67. The van der Waals surface area contributed by atoms with E-state index in [2.05, 4.69) is 0 Å². The van der Waals surface area contributed by atoms with Crippen molar-refractivity contribution in [2.24, 2.45) is 5.73 Å². The predicted molar refractivity (Wildman–Crippen MR) is 76.7 cm³/mol. The molecular formula is C14H16N2O4S. The Morgan fingerprint density at radius 2 is 1.90 bits per heavy atom. The van der Waals surface area contributed by atoms with Crippen molar-refractivity contribution in [3.63, 3.8) is 0 Å². The van der Waals surface area contributed by atoms with Crippen LogP contribution in [-0.2, 0) is 19.4 Å². The van der Waals surface area contributed by atoms with E-state index in [9.17, 15) is 18.0 Å². The Morgan fingerprint density at radius 1 is 1.24 bits per heavy atom. The lowest BCUT2D eigenvalue weighted by molar-refractivity contribution is -0.133. The summed E-state index contributed by atoms with van der Waals surface area (Å²) in [6, 6.07) is 7.16. The van der Waals surface area contributed by atoms with Crippen LogP contribution in [0.4, 0.5) is 0 Å². The molecule has 0 radical (unpaired) electrons. The van der Waals surface area contributed by atoms with E-state index in [1.54, 1.807) is 18.2 Å². The minimum Gasteiger partial charge on any atom is -0.368 e. The fourth-order valence-corrected chi connectivity index (χ4v) is 3.25. The summed E-state index contributed by atoms with van der Waals surface area (Å²) in [5.41, 5.74) is 5.22.